The molecule has 0 amide bonds. The molecule has 1 aromatic rings. The minimum absolute atomic E-state index is 0.219. The number of benzene rings is 1. The van der Waals surface area contributed by atoms with E-state index >= 15 is 0 Å². The van der Waals surface area contributed by atoms with Crippen molar-refractivity contribution in [1.82, 2.24) is 5.32 Å². The zero-order valence-corrected chi connectivity index (χ0v) is 12.1. The van der Waals surface area contributed by atoms with Crippen LogP contribution in [0.25, 0.3) is 0 Å². The predicted octanol–water partition coefficient (Wildman–Crippen LogP) is 4.58. The van der Waals surface area contributed by atoms with E-state index in [9.17, 15) is 4.39 Å². The van der Waals surface area contributed by atoms with Crippen LogP contribution >= 0.6 is 11.6 Å². The fourth-order valence-corrected chi connectivity index (χ4v) is 2.36. The van der Waals surface area contributed by atoms with Gasteiger partial charge in [0.25, 0.3) is 0 Å². The van der Waals surface area contributed by atoms with E-state index in [4.69, 9.17) is 11.6 Å². The lowest BCUT2D eigenvalue weighted by molar-refractivity contribution is 0.466. The molecule has 0 aliphatic carbocycles. The van der Waals surface area contributed by atoms with E-state index in [1.54, 1.807) is 6.07 Å². The molecule has 0 heterocycles. The minimum atomic E-state index is -0.341. The first kappa shape index (κ1) is 15.5. The van der Waals surface area contributed by atoms with Gasteiger partial charge in [-0.15, -0.1) is 0 Å². The largest absolute Gasteiger partial charge is 0.314 e. The summed E-state index contributed by atoms with van der Waals surface area (Å²) < 4.78 is 13.1. The van der Waals surface area contributed by atoms with Crippen molar-refractivity contribution in [3.63, 3.8) is 0 Å². The monoisotopic (exact) mass is 271 g/mol. The summed E-state index contributed by atoms with van der Waals surface area (Å²) in [6.45, 7) is 5.29. The molecule has 1 nitrogen and oxygen atoms in total. The third-order valence-electron chi connectivity index (χ3n) is 3.12. The van der Waals surface area contributed by atoms with Crippen LogP contribution in [0.5, 0.6) is 0 Å². The van der Waals surface area contributed by atoms with Crippen LogP contribution in [0.2, 0.25) is 5.02 Å². The first-order chi connectivity index (χ1) is 8.67. The zero-order valence-electron chi connectivity index (χ0n) is 11.3. The van der Waals surface area contributed by atoms with E-state index in [2.05, 4.69) is 19.2 Å². The van der Waals surface area contributed by atoms with Crippen molar-refractivity contribution in [3.8, 4) is 0 Å². The molecule has 1 atom stereocenters. The average molecular weight is 272 g/mol. The summed E-state index contributed by atoms with van der Waals surface area (Å²) in [6, 6.07) is 5.47. The number of halogens is 2. The van der Waals surface area contributed by atoms with Crippen LogP contribution in [-0.2, 0) is 6.42 Å². The van der Waals surface area contributed by atoms with Crippen LogP contribution in [0.15, 0.2) is 18.2 Å². The average Bonchev–Trinajstić information content (AvgIpc) is 2.34. The van der Waals surface area contributed by atoms with E-state index in [1.807, 2.05) is 6.07 Å². The van der Waals surface area contributed by atoms with Crippen LogP contribution in [0.4, 0.5) is 4.39 Å². The second-order valence-corrected chi connectivity index (χ2v) is 5.11. The van der Waals surface area contributed by atoms with Crippen molar-refractivity contribution >= 4 is 11.6 Å². The smallest absolute Gasteiger partial charge is 0.141 e. The molecule has 1 N–H and O–H groups in total. The van der Waals surface area contributed by atoms with Crippen molar-refractivity contribution in [2.24, 2.45) is 0 Å². The van der Waals surface area contributed by atoms with Crippen LogP contribution in [0.3, 0.4) is 0 Å². The number of nitrogens with one attached hydrogen (secondary N) is 1. The maximum absolute atomic E-state index is 13.1. The highest BCUT2D eigenvalue weighted by molar-refractivity contribution is 6.30. The molecular formula is C15H23ClFN. The molecule has 0 saturated carbocycles. The molecule has 0 saturated heterocycles. The van der Waals surface area contributed by atoms with Crippen LogP contribution in [0.1, 0.15) is 45.1 Å². The van der Waals surface area contributed by atoms with Gasteiger partial charge in [-0.2, -0.15) is 0 Å². The van der Waals surface area contributed by atoms with Gasteiger partial charge < -0.3 is 5.32 Å². The Morgan fingerprint density at radius 2 is 2.06 bits per heavy atom. The van der Waals surface area contributed by atoms with E-state index in [0.717, 1.165) is 24.9 Å². The summed E-state index contributed by atoms with van der Waals surface area (Å²) in [5.41, 5.74) is 1.10. The molecule has 1 aromatic carbocycles. The SMILES string of the molecule is CCCCCC(Cc1ccc(F)c(Cl)c1)NCC. The van der Waals surface area contributed by atoms with E-state index in [-0.39, 0.29) is 10.8 Å². The summed E-state index contributed by atoms with van der Waals surface area (Å²) in [4.78, 5) is 0. The molecule has 0 aliphatic rings. The summed E-state index contributed by atoms with van der Waals surface area (Å²) in [6.07, 6.45) is 5.82. The molecule has 0 spiro atoms. The van der Waals surface area contributed by atoms with Crippen LogP contribution < -0.4 is 5.32 Å². The van der Waals surface area contributed by atoms with Crippen molar-refractivity contribution in [2.75, 3.05) is 6.54 Å². The second-order valence-electron chi connectivity index (χ2n) is 4.70. The fourth-order valence-electron chi connectivity index (χ4n) is 2.16. The Kier molecular flexibility index (Phi) is 7.29. The lowest BCUT2D eigenvalue weighted by atomic mass is 10.0. The summed E-state index contributed by atoms with van der Waals surface area (Å²) in [5.74, 6) is -0.341. The summed E-state index contributed by atoms with van der Waals surface area (Å²) in [7, 11) is 0. The van der Waals surface area contributed by atoms with Gasteiger partial charge in [-0.1, -0.05) is 50.8 Å². The number of hydrogen-bond donors (Lipinski definition) is 1. The predicted molar refractivity (Wildman–Crippen MR) is 76.7 cm³/mol. The van der Waals surface area contributed by atoms with Gasteiger partial charge in [0.05, 0.1) is 5.02 Å². The highest BCUT2D eigenvalue weighted by atomic mass is 35.5. The van der Waals surface area contributed by atoms with Gasteiger partial charge in [0.1, 0.15) is 5.82 Å². The highest BCUT2D eigenvalue weighted by Gasteiger charge is 2.09. The molecular weight excluding hydrogens is 249 g/mol. The molecule has 0 fully saturated rings. The number of rotatable bonds is 8. The molecule has 3 heteroatoms. The molecule has 0 aromatic heterocycles. The van der Waals surface area contributed by atoms with E-state index in [1.165, 1.54) is 25.3 Å². The molecule has 1 rings (SSSR count). The lowest BCUT2D eigenvalue weighted by Crippen LogP contribution is -2.30. The Labute approximate surface area is 115 Å². The number of unbranched alkanes of at least 4 members (excludes halogenated alkanes) is 2. The minimum Gasteiger partial charge on any atom is -0.314 e. The van der Waals surface area contributed by atoms with Crippen LogP contribution in [0, 0.1) is 5.82 Å². The normalized spacial score (nSPS) is 12.7. The van der Waals surface area contributed by atoms with Gasteiger partial charge in [0, 0.05) is 6.04 Å². The quantitative estimate of drug-likeness (QED) is 0.683. The standard InChI is InChI=1S/C15H23ClFN/c1-3-5-6-7-13(18-4-2)10-12-8-9-15(17)14(16)11-12/h8-9,11,13,18H,3-7,10H2,1-2H3. The molecule has 1 unspecified atom stereocenters. The van der Waals surface area contributed by atoms with Gasteiger partial charge in [0.2, 0.25) is 0 Å². The Morgan fingerprint density at radius 1 is 1.28 bits per heavy atom. The van der Waals surface area contributed by atoms with Gasteiger partial charge >= 0.3 is 0 Å². The number of likely N-dealkylation sites (N-methyl/N-ethyl adjacent to an activating group) is 1. The fraction of sp³-hybridized carbons (Fsp3) is 0.600. The number of hydrogen-bond acceptors (Lipinski definition) is 1. The topological polar surface area (TPSA) is 12.0 Å². The second kappa shape index (κ2) is 8.49. The van der Waals surface area contributed by atoms with Crippen LogP contribution in [-0.4, -0.2) is 12.6 Å². The van der Waals surface area contributed by atoms with Crippen molar-refractivity contribution in [3.05, 3.63) is 34.6 Å². The van der Waals surface area contributed by atoms with E-state index in [0.29, 0.717) is 6.04 Å². The third kappa shape index (κ3) is 5.36. The van der Waals surface area contributed by atoms with Gasteiger partial charge in [0.15, 0.2) is 0 Å². The van der Waals surface area contributed by atoms with Crippen molar-refractivity contribution in [2.45, 2.75) is 52.0 Å². The van der Waals surface area contributed by atoms with Gasteiger partial charge in [-0.25, -0.2) is 4.39 Å². The maximum atomic E-state index is 13.1. The van der Waals surface area contributed by atoms with Crippen molar-refractivity contribution < 1.29 is 4.39 Å². The Bertz CT molecular complexity index is 354. The molecule has 0 radical (unpaired) electrons. The first-order valence-electron chi connectivity index (χ1n) is 6.84. The molecule has 18 heavy (non-hydrogen) atoms. The molecule has 102 valence electrons. The molecule has 0 aliphatic heterocycles. The Hall–Kier alpha value is -0.600. The first-order valence-corrected chi connectivity index (χ1v) is 7.22. The Morgan fingerprint density at radius 3 is 2.67 bits per heavy atom. The van der Waals surface area contributed by atoms with Gasteiger partial charge in [-0.3, -0.25) is 0 Å². The van der Waals surface area contributed by atoms with Gasteiger partial charge in [-0.05, 0) is 37.1 Å². The molecule has 0 bridgehead atoms. The van der Waals surface area contributed by atoms with Crippen molar-refractivity contribution in [1.29, 1.82) is 0 Å². The summed E-state index contributed by atoms with van der Waals surface area (Å²) >= 11 is 5.81. The van der Waals surface area contributed by atoms with E-state index < -0.39 is 0 Å². The third-order valence-corrected chi connectivity index (χ3v) is 3.40. The lowest BCUT2D eigenvalue weighted by Gasteiger charge is -2.18. The zero-order chi connectivity index (χ0) is 13.4. The maximum Gasteiger partial charge on any atom is 0.141 e. The highest BCUT2D eigenvalue weighted by Crippen LogP contribution is 2.18. The Balaban J connectivity index is 2.55. The summed E-state index contributed by atoms with van der Waals surface area (Å²) in [5, 5.41) is 3.71.